The van der Waals surface area contributed by atoms with Crippen molar-refractivity contribution in [3.05, 3.63) is 17.7 Å². The van der Waals surface area contributed by atoms with Crippen LogP contribution in [0.15, 0.2) is 12.1 Å². The summed E-state index contributed by atoms with van der Waals surface area (Å²) in [6.45, 7) is 1.71. The predicted molar refractivity (Wildman–Crippen MR) is 65.7 cm³/mol. The van der Waals surface area contributed by atoms with Crippen LogP contribution in [0.1, 0.15) is 12.5 Å². The Balaban J connectivity index is 2.90. The summed E-state index contributed by atoms with van der Waals surface area (Å²) in [7, 11) is -1.04. The van der Waals surface area contributed by atoms with E-state index in [1.165, 1.54) is 6.26 Å². The van der Waals surface area contributed by atoms with Gasteiger partial charge in [-0.15, -0.1) is 0 Å². The van der Waals surface area contributed by atoms with Crippen molar-refractivity contribution >= 4 is 22.4 Å². The zero-order valence-electron chi connectivity index (χ0n) is 9.91. The minimum absolute atomic E-state index is 0.0280. The quantitative estimate of drug-likeness (QED) is 0.884. The molecule has 0 aliphatic rings. The van der Waals surface area contributed by atoms with Crippen molar-refractivity contribution in [2.75, 3.05) is 23.1 Å². The molecule has 4 nitrogen and oxygen atoms in total. The highest BCUT2D eigenvalue weighted by molar-refractivity contribution is 7.84. The van der Waals surface area contributed by atoms with Gasteiger partial charge in [-0.3, -0.25) is 4.21 Å². The summed E-state index contributed by atoms with van der Waals surface area (Å²) in [6, 6.07) is 1.39. The van der Waals surface area contributed by atoms with Crippen LogP contribution in [0.25, 0.3) is 0 Å². The average Bonchev–Trinajstić information content (AvgIpc) is 2.13. The van der Waals surface area contributed by atoms with E-state index in [9.17, 15) is 17.4 Å². The summed E-state index contributed by atoms with van der Waals surface area (Å²) < 4.78 is 48.6. The van der Waals surface area contributed by atoms with Crippen LogP contribution in [0.4, 0.5) is 24.8 Å². The molecule has 0 aliphatic heterocycles. The summed E-state index contributed by atoms with van der Waals surface area (Å²) in [5.41, 5.74) is 4.46. The molecule has 1 heterocycles. The highest BCUT2D eigenvalue weighted by Gasteiger charge is 2.31. The van der Waals surface area contributed by atoms with Crippen molar-refractivity contribution in [3.63, 3.8) is 0 Å². The number of nitrogens with two attached hydrogens (primary N) is 1. The third-order valence-electron chi connectivity index (χ3n) is 2.05. The Bertz CT molecular complexity index is 450. The Kier molecular flexibility index (Phi) is 4.55. The number of nitrogens with one attached hydrogen (secondary N) is 1. The number of hydrogen-bond donors (Lipinski definition) is 2. The summed E-state index contributed by atoms with van der Waals surface area (Å²) in [5, 5.41) is 2.74. The lowest BCUT2D eigenvalue weighted by molar-refractivity contribution is -0.137. The summed E-state index contributed by atoms with van der Waals surface area (Å²) in [5.74, 6) is 0.134. The summed E-state index contributed by atoms with van der Waals surface area (Å²) >= 11 is 0. The molecule has 0 saturated heterocycles. The molecule has 0 spiro atoms. The maximum Gasteiger partial charge on any atom is 0.416 e. The van der Waals surface area contributed by atoms with Gasteiger partial charge in [0.2, 0.25) is 0 Å². The molecule has 0 aromatic carbocycles. The van der Waals surface area contributed by atoms with E-state index in [4.69, 9.17) is 5.73 Å². The van der Waals surface area contributed by atoms with Crippen LogP contribution < -0.4 is 11.1 Å². The first-order valence-electron chi connectivity index (χ1n) is 5.10. The van der Waals surface area contributed by atoms with E-state index in [0.29, 0.717) is 5.75 Å². The lowest BCUT2D eigenvalue weighted by atomic mass is 10.2. The predicted octanol–water partition coefficient (Wildman–Crippen LogP) is 1.86. The maximum absolute atomic E-state index is 12.5. The maximum atomic E-state index is 12.5. The Morgan fingerprint density at radius 1 is 1.50 bits per heavy atom. The number of aromatic nitrogens is 1. The van der Waals surface area contributed by atoms with Crippen molar-refractivity contribution in [3.8, 4) is 0 Å². The number of rotatable bonds is 4. The molecule has 1 rings (SSSR count). The number of pyridine rings is 1. The van der Waals surface area contributed by atoms with Crippen LogP contribution in [0.2, 0.25) is 0 Å². The zero-order chi connectivity index (χ0) is 13.9. The van der Waals surface area contributed by atoms with Crippen molar-refractivity contribution in [1.29, 1.82) is 0 Å². The van der Waals surface area contributed by atoms with Gasteiger partial charge in [-0.2, -0.15) is 13.2 Å². The third-order valence-corrected chi connectivity index (χ3v) is 3.02. The van der Waals surface area contributed by atoms with Gasteiger partial charge in [-0.1, -0.05) is 0 Å². The Labute approximate surface area is 105 Å². The molecular weight excluding hydrogens is 267 g/mol. The summed E-state index contributed by atoms with van der Waals surface area (Å²) in [6.07, 6.45) is -2.95. The fourth-order valence-electron chi connectivity index (χ4n) is 1.44. The van der Waals surface area contributed by atoms with Crippen LogP contribution in [0.5, 0.6) is 0 Å². The van der Waals surface area contributed by atoms with Crippen LogP contribution in [0.3, 0.4) is 0 Å². The lowest BCUT2D eigenvalue weighted by Gasteiger charge is -2.15. The SMILES string of the molecule is CC(CS(C)=O)Nc1cc(C(F)(F)F)cc(N)n1. The minimum atomic E-state index is -4.47. The lowest BCUT2D eigenvalue weighted by Crippen LogP contribution is -2.23. The number of hydrogen-bond acceptors (Lipinski definition) is 4. The van der Waals surface area contributed by atoms with Crippen molar-refractivity contribution in [2.45, 2.75) is 19.1 Å². The number of nitrogens with zero attached hydrogens (tertiary/aromatic N) is 1. The van der Waals surface area contributed by atoms with Gasteiger partial charge in [0.25, 0.3) is 0 Å². The van der Waals surface area contributed by atoms with Crippen molar-refractivity contribution < 1.29 is 17.4 Å². The van der Waals surface area contributed by atoms with Gasteiger partial charge in [0.1, 0.15) is 11.6 Å². The van der Waals surface area contributed by atoms with E-state index in [2.05, 4.69) is 10.3 Å². The molecule has 18 heavy (non-hydrogen) atoms. The molecule has 2 atom stereocenters. The molecule has 0 radical (unpaired) electrons. The molecule has 1 aromatic heterocycles. The van der Waals surface area contributed by atoms with E-state index in [-0.39, 0.29) is 17.7 Å². The topological polar surface area (TPSA) is 68.0 Å². The highest BCUT2D eigenvalue weighted by atomic mass is 32.2. The first-order valence-corrected chi connectivity index (χ1v) is 6.82. The van der Waals surface area contributed by atoms with Crippen LogP contribution in [-0.2, 0) is 17.0 Å². The Morgan fingerprint density at radius 3 is 2.61 bits per heavy atom. The monoisotopic (exact) mass is 281 g/mol. The molecular formula is C10H14F3N3OS. The number of alkyl halides is 3. The number of halogens is 3. The van der Waals surface area contributed by atoms with Crippen LogP contribution in [0, 0.1) is 0 Å². The molecule has 0 saturated carbocycles. The average molecular weight is 281 g/mol. The fourth-order valence-corrected chi connectivity index (χ4v) is 2.22. The second-order valence-corrected chi connectivity index (χ2v) is 5.43. The molecule has 0 fully saturated rings. The van der Waals surface area contributed by atoms with Crippen molar-refractivity contribution in [2.24, 2.45) is 0 Å². The van der Waals surface area contributed by atoms with Gasteiger partial charge < -0.3 is 11.1 Å². The molecule has 0 amide bonds. The van der Waals surface area contributed by atoms with Crippen LogP contribution in [-0.4, -0.2) is 27.2 Å². The first-order chi connectivity index (χ1) is 8.18. The zero-order valence-corrected chi connectivity index (χ0v) is 10.7. The van der Waals surface area contributed by atoms with Crippen LogP contribution >= 0.6 is 0 Å². The molecule has 0 aliphatic carbocycles. The fraction of sp³-hybridized carbons (Fsp3) is 0.500. The van der Waals surface area contributed by atoms with Gasteiger partial charge in [-0.25, -0.2) is 4.98 Å². The van der Waals surface area contributed by atoms with Gasteiger partial charge in [-0.05, 0) is 19.1 Å². The van der Waals surface area contributed by atoms with E-state index >= 15 is 0 Å². The van der Waals surface area contributed by atoms with E-state index < -0.39 is 22.5 Å². The molecule has 0 bridgehead atoms. The molecule has 1 aromatic rings. The second-order valence-electron chi connectivity index (χ2n) is 3.95. The molecule has 2 unspecified atom stereocenters. The van der Waals surface area contributed by atoms with Gasteiger partial charge in [0.15, 0.2) is 0 Å². The van der Waals surface area contributed by atoms with Gasteiger partial charge >= 0.3 is 6.18 Å². The van der Waals surface area contributed by atoms with Gasteiger partial charge in [0.05, 0.1) is 5.56 Å². The molecule has 3 N–H and O–H groups in total. The standard InChI is InChI=1S/C10H14F3N3OS/c1-6(5-18(2)17)15-9-4-7(10(11,12)13)3-8(14)16-9/h3-4,6H,5H2,1-2H3,(H3,14,15,16). The smallest absolute Gasteiger partial charge is 0.384 e. The normalized spacial score (nSPS) is 15.2. The highest BCUT2D eigenvalue weighted by Crippen LogP contribution is 2.31. The number of anilines is 2. The summed E-state index contributed by atoms with van der Waals surface area (Å²) in [4.78, 5) is 3.76. The van der Waals surface area contributed by atoms with Crippen molar-refractivity contribution in [1.82, 2.24) is 4.98 Å². The number of nitrogen functional groups attached to an aromatic ring is 1. The third kappa shape index (κ3) is 4.52. The Hall–Kier alpha value is -1.31. The van der Waals surface area contributed by atoms with E-state index in [1.54, 1.807) is 6.92 Å². The van der Waals surface area contributed by atoms with E-state index in [0.717, 1.165) is 12.1 Å². The molecule has 8 heteroatoms. The van der Waals surface area contributed by atoms with Gasteiger partial charge in [0, 0.05) is 28.9 Å². The second kappa shape index (κ2) is 5.55. The first kappa shape index (κ1) is 14.7. The largest absolute Gasteiger partial charge is 0.416 e. The minimum Gasteiger partial charge on any atom is -0.384 e. The molecule has 102 valence electrons. The Morgan fingerprint density at radius 2 is 2.11 bits per heavy atom. The van der Waals surface area contributed by atoms with E-state index in [1.807, 2.05) is 0 Å².